The Morgan fingerprint density at radius 1 is 1.38 bits per heavy atom. The van der Waals surface area contributed by atoms with Crippen LogP contribution < -0.4 is 0 Å². The Morgan fingerprint density at radius 3 is 2.67 bits per heavy atom. The number of hydrogen-bond donors (Lipinski definition) is 1. The van der Waals surface area contributed by atoms with E-state index in [-0.39, 0.29) is 23.9 Å². The molecule has 0 unspecified atom stereocenters. The van der Waals surface area contributed by atoms with Gasteiger partial charge in [0.2, 0.25) is 0 Å². The number of phenolic OH excluding ortho intramolecular Hbond substituents is 1. The molecule has 0 heterocycles. The minimum Gasteiger partial charge on any atom is -0.507 e. The van der Waals surface area contributed by atoms with E-state index in [4.69, 9.17) is 11.6 Å². The fraction of sp³-hybridized carbons (Fsp3) is 0.467. The first-order valence-electron chi connectivity index (χ1n) is 6.89. The molecule has 1 aromatic rings. The van der Waals surface area contributed by atoms with Gasteiger partial charge in [0.25, 0.3) is 5.91 Å². The van der Waals surface area contributed by atoms with Gasteiger partial charge in [0, 0.05) is 11.1 Å². The Morgan fingerprint density at radius 2 is 2.05 bits per heavy atom. The zero-order valence-corrected chi connectivity index (χ0v) is 12.6. The summed E-state index contributed by atoms with van der Waals surface area (Å²) < 4.78 is 4.66. The summed E-state index contributed by atoms with van der Waals surface area (Å²) >= 11 is 5.88. The number of rotatable bonds is 4. The number of esters is 1. The van der Waals surface area contributed by atoms with Gasteiger partial charge in [-0.05, 0) is 31.0 Å². The molecule has 0 bridgehead atoms. The van der Waals surface area contributed by atoms with Crippen molar-refractivity contribution in [2.75, 3.05) is 13.7 Å². The van der Waals surface area contributed by atoms with E-state index in [9.17, 15) is 14.7 Å². The maximum absolute atomic E-state index is 12.7. The maximum Gasteiger partial charge on any atom is 0.325 e. The van der Waals surface area contributed by atoms with Crippen LogP contribution in [0.1, 0.15) is 36.0 Å². The maximum atomic E-state index is 12.7. The number of amides is 1. The van der Waals surface area contributed by atoms with Gasteiger partial charge in [0.15, 0.2) is 0 Å². The molecular formula is C15H18ClNO4. The summed E-state index contributed by atoms with van der Waals surface area (Å²) in [5.41, 5.74) is 0.110. The Labute approximate surface area is 128 Å². The zero-order chi connectivity index (χ0) is 15.4. The normalized spacial score (nSPS) is 15.0. The molecule has 1 N–H and O–H groups in total. The number of benzene rings is 1. The summed E-state index contributed by atoms with van der Waals surface area (Å²) in [5.74, 6) is -1.01. The van der Waals surface area contributed by atoms with Gasteiger partial charge in [-0.1, -0.05) is 24.4 Å². The van der Waals surface area contributed by atoms with Gasteiger partial charge in [0.1, 0.15) is 12.3 Å². The molecule has 6 heteroatoms. The Kier molecular flexibility index (Phi) is 5.07. The molecule has 21 heavy (non-hydrogen) atoms. The molecule has 2 rings (SSSR count). The Hall–Kier alpha value is -1.75. The molecule has 1 aliphatic carbocycles. The first-order chi connectivity index (χ1) is 10.0. The molecule has 0 radical (unpaired) electrons. The van der Waals surface area contributed by atoms with Crippen molar-refractivity contribution in [2.24, 2.45) is 0 Å². The third-order valence-corrected chi connectivity index (χ3v) is 3.98. The van der Waals surface area contributed by atoms with Crippen molar-refractivity contribution >= 4 is 23.5 Å². The number of phenols is 1. The van der Waals surface area contributed by atoms with Crippen LogP contribution in [0.4, 0.5) is 0 Å². The number of ether oxygens (including phenoxy) is 1. The average molecular weight is 312 g/mol. The molecule has 0 aliphatic heterocycles. The standard InChI is InChI=1S/C15H18ClNO4/c1-21-14(19)9-17(11-4-2-3-5-11)15(20)12-8-10(16)6-7-13(12)18/h6-8,11,18H,2-5,9H2,1H3. The van der Waals surface area contributed by atoms with Crippen LogP contribution >= 0.6 is 11.6 Å². The largest absolute Gasteiger partial charge is 0.507 e. The first kappa shape index (κ1) is 15.6. The van der Waals surface area contributed by atoms with Crippen molar-refractivity contribution < 1.29 is 19.4 Å². The predicted molar refractivity (Wildman–Crippen MR) is 78.4 cm³/mol. The lowest BCUT2D eigenvalue weighted by atomic mass is 10.1. The number of carbonyl (C=O) groups is 2. The van der Waals surface area contributed by atoms with Gasteiger partial charge in [0.05, 0.1) is 12.7 Å². The molecule has 1 aliphatic rings. The number of carbonyl (C=O) groups excluding carboxylic acids is 2. The molecule has 0 saturated heterocycles. The fourth-order valence-corrected chi connectivity index (χ4v) is 2.79. The van der Waals surface area contributed by atoms with Crippen molar-refractivity contribution in [3.8, 4) is 5.75 Å². The average Bonchev–Trinajstić information content (AvgIpc) is 3.00. The highest BCUT2D eigenvalue weighted by molar-refractivity contribution is 6.31. The minimum atomic E-state index is -0.475. The summed E-state index contributed by atoms with van der Waals surface area (Å²) in [5, 5.41) is 10.2. The van der Waals surface area contributed by atoms with Gasteiger partial charge in [-0.15, -0.1) is 0 Å². The van der Waals surface area contributed by atoms with Gasteiger partial charge >= 0.3 is 5.97 Å². The molecule has 0 spiro atoms. The van der Waals surface area contributed by atoms with Crippen LogP contribution in [0.25, 0.3) is 0 Å². The zero-order valence-electron chi connectivity index (χ0n) is 11.8. The molecule has 5 nitrogen and oxygen atoms in total. The van der Waals surface area contributed by atoms with E-state index < -0.39 is 11.9 Å². The highest BCUT2D eigenvalue weighted by Crippen LogP contribution is 2.28. The summed E-state index contributed by atoms with van der Waals surface area (Å²) in [6.07, 6.45) is 3.75. The second-order valence-electron chi connectivity index (χ2n) is 5.11. The van der Waals surface area contributed by atoms with E-state index >= 15 is 0 Å². The topological polar surface area (TPSA) is 66.8 Å². The number of methoxy groups -OCH3 is 1. The molecule has 1 saturated carbocycles. The second kappa shape index (κ2) is 6.80. The highest BCUT2D eigenvalue weighted by Gasteiger charge is 2.30. The van der Waals surface area contributed by atoms with Crippen molar-refractivity contribution in [2.45, 2.75) is 31.7 Å². The highest BCUT2D eigenvalue weighted by atomic mass is 35.5. The Bertz CT molecular complexity index is 540. The van der Waals surface area contributed by atoms with Crippen molar-refractivity contribution in [1.29, 1.82) is 0 Å². The van der Waals surface area contributed by atoms with Crippen molar-refractivity contribution in [1.82, 2.24) is 4.90 Å². The molecule has 1 amide bonds. The van der Waals surface area contributed by atoms with Crippen LogP contribution in [0.5, 0.6) is 5.75 Å². The minimum absolute atomic E-state index is 0.00465. The van der Waals surface area contributed by atoms with Crippen LogP contribution in [-0.2, 0) is 9.53 Å². The molecule has 1 aromatic carbocycles. The third kappa shape index (κ3) is 3.67. The second-order valence-corrected chi connectivity index (χ2v) is 5.55. The van der Waals surface area contributed by atoms with E-state index in [1.54, 1.807) is 0 Å². The van der Waals surface area contributed by atoms with Gasteiger partial charge in [-0.3, -0.25) is 9.59 Å². The lowest BCUT2D eigenvalue weighted by molar-refractivity contribution is -0.141. The Balaban J connectivity index is 2.28. The SMILES string of the molecule is COC(=O)CN(C(=O)c1cc(Cl)ccc1O)C1CCCC1. The van der Waals surface area contributed by atoms with Crippen LogP contribution in [0, 0.1) is 0 Å². The van der Waals surface area contributed by atoms with Crippen molar-refractivity contribution in [3.05, 3.63) is 28.8 Å². The summed E-state index contributed by atoms with van der Waals surface area (Å²) in [7, 11) is 1.29. The van der Waals surface area contributed by atoms with Gasteiger partial charge in [-0.25, -0.2) is 0 Å². The van der Waals surface area contributed by atoms with Crippen LogP contribution in [-0.4, -0.2) is 41.6 Å². The van der Waals surface area contributed by atoms with E-state index in [0.29, 0.717) is 5.02 Å². The number of hydrogen-bond acceptors (Lipinski definition) is 4. The van der Waals surface area contributed by atoms with E-state index in [1.807, 2.05) is 0 Å². The third-order valence-electron chi connectivity index (χ3n) is 3.74. The monoisotopic (exact) mass is 311 g/mol. The smallest absolute Gasteiger partial charge is 0.325 e. The van der Waals surface area contributed by atoms with E-state index in [0.717, 1.165) is 25.7 Å². The summed E-state index contributed by atoms with van der Waals surface area (Å²) in [6, 6.07) is 4.29. The van der Waals surface area contributed by atoms with Crippen LogP contribution in [0.15, 0.2) is 18.2 Å². The van der Waals surface area contributed by atoms with Gasteiger partial charge in [-0.2, -0.15) is 0 Å². The summed E-state index contributed by atoms with van der Waals surface area (Å²) in [4.78, 5) is 25.7. The number of halogens is 1. The molecule has 114 valence electrons. The van der Waals surface area contributed by atoms with E-state index in [1.165, 1.54) is 30.2 Å². The lowest BCUT2D eigenvalue weighted by Crippen LogP contribution is -2.42. The van der Waals surface area contributed by atoms with Crippen LogP contribution in [0.2, 0.25) is 5.02 Å². The number of aromatic hydroxyl groups is 1. The fourth-order valence-electron chi connectivity index (χ4n) is 2.62. The van der Waals surface area contributed by atoms with Gasteiger partial charge < -0.3 is 14.7 Å². The predicted octanol–water partition coefficient (Wildman–Crippen LogP) is 2.60. The molecule has 1 fully saturated rings. The number of nitrogens with zero attached hydrogens (tertiary/aromatic N) is 1. The molecule has 0 aromatic heterocycles. The summed E-state index contributed by atoms with van der Waals surface area (Å²) in [6.45, 7) is -0.119. The van der Waals surface area contributed by atoms with Crippen molar-refractivity contribution in [3.63, 3.8) is 0 Å². The molecule has 0 atom stereocenters. The first-order valence-corrected chi connectivity index (χ1v) is 7.27. The quantitative estimate of drug-likeness (QED) is 0.868. The van der Waals surface area contributed by atoms with E-state index in [2.05, 4.69) is 4.74 Å². The lowest BCUT2D eigenvalue weighted by Gasteiger charge is -2.28. The van der Waals surface area contributed by atoms with Crippen LogP contribution in [0.3, 0.4) is 0 Å². The molecular weight excluding hydrogens is 294 g/mol.